The molecule has 1 aliphatic rings. The Balaban J connectivity index is 1.96. The van der Waals surface area contributed by atoms with Crippen LogP contribution in [0.5, 0.6) is 0 Å². The van der Waals surface area contributed by atoms with Crippen molar-refractivity contribution in [3.05, 3.63) is 40.8 Å². The first kappa shape index (κ1) is 13.7. The van der Waals surface area contributed by atoms with Gasteiger partial charge in [0.05, 0.1) is 29.1 Å². The molecule has 24 heavy (non-hydrogen) atoms. The summed E-state index contributed by atoms with van der Waals surface area (Å²) in [4.78, 5) is 5.08. The van der Waals surface area contributed by atoms with Crippen molar-refractivity contribution in [2.45, 2.75) is 39.5 Å². The second kappa shape index (κ2) is 4.90. The number of pyridine rings is 1. The third-order valence-electron chi connectivity index (χ3n) is 5.29. The largest absolute Gasteiger partial charge is 0.282 e. The van der Waals surface area contributed by atoms with Crippen LogP contribution < -0.4 is 0 Å². The Kier molecular flexibility index (Phi) is 2.80. The van der Waals surface area contributed by atoms with Crippen molar-refractivity contribution in [1.29, 1.82) is 0 Å². The van der Waals surface area contributed by atoms with Crippen molar-refractivity contribution < 1.29 is 0 Å². The number of aromatic nitrogens is 5. The molecule has 5 rings (SSSR count). The van der Waals surface area contributed by atoms with Crippen molar-refractivity contribution in [3.8, 4) is 11.3 Å². The number of rotatable bonds is 1. The lowest BCUT2D eigenvalue weighted by Crippen LogP contribution is -2.08. The monoisotopic (exact) mass is 317 g/mol. The van der Waals surface area contributed by atoms with E-state index in [0.29, 0.717) is 0 Å². The van der Waals surface area contributed by atoms with Gasteiger partial charge < -0.3 is 0 Å². The maximum absolute atomic E-state index is 5.08. The van der Waals surface area contributed by atoms with Gasteiger partial charge in [0.25, 0.3) is 0 Å². The van der Waals surface area contributed by atoms with E-state index in [2.05, 4.69) is 40.3 Å². The van der Waals surface area contributed by atoms with Crippen LogP contribution in [0, 0.1) is 13.8 Å². The van der Waals surface area contributed by atoms with Crippen molar-refractivity contribution in [2.24, 2.45) is 0 Å². The Labute approximate surface area is 139 Å². The highest BCUT2D eigenvalue weighted by molar-refractivity contribution is 6.09. The fourth-order valence-corrected chi connectivity index (χ4v) is 4.11. The van der Waals surface area contributed by atoms with E-state index in [9.17, 15) is 0 Å². The summed E-state index contributed by atoms with van der Waals surface area (Å²) < 4.78 is 0. The summed E-state index contributed by atoms with van der Waals surface area (Å²) in [6.07, 6.45) is 8.52. The van der Waals surface area contributed by atoms with E-state index in [-0.39, 0.29) is 0 Å². The Morgan fingerprint density at radius 1 is 0.958 bits per heavy atom. The highest BCUT2D eigenvalue weighted by atomic mass is 15.1. The van der Waals surface area contributed by atoms with E-state index in [1.165, 1.54) is 40.3 Å². The second-order valence-electron chi connectivity index (χ2n) is 6.78. The molecule has 0 saturated carbocycles. The molecule has 2 N–H and O–H groups in total. The number of H-pyrrole nitrogens is 2. The molecule has 0 aliphatic heterocycles. The maximum Gasteiger partial charge on any atom is 0.0778 e. The SMILES string of the molecule is Cc1[nH]ncc1-c1nc2cc(C)c3[nH]ncc3c2c2c1CCCC2. The van der Waals surface area contributed by atoms with Crippen molar-refractivity contribution in [2.75, 3.05) is 0 Å². The zero-order chi connectivity index (χ0) is 16.3. The predicted octanol–water partition coefficient (Wildman–Crippen LogP) is 4.00. The molecule has 0 radical (unpaired) electrons. The molecule has 5 heteroatoms. The van der Waals surface area contributed by atoms with Crippen LogP contribution in [0.25, 0.3) is 33.1 Å². The summed E-state index contributed by atoms with van der Waals surface area (Å²) >= 11 is 0. The Morgan fingerprint density at radius 3 is 2.54 bits per heavy atom. The number of hydrogen-bond acceptors (Lipinski definition) is 3. The summed E-state index contributed by atoms with van der Waals surface area (Å²) in [6.45, 7) is 4.18. The molecule has 3 heterocycles. The number of nitrogens with one attached hydrogen (secondary N) is 2. The lowest BCUT2D eigenvalue weighted by molar-refractivity contribution is 0.689. The van der Waals surface area contributed by atoms with Crippen LogP contribution in [0.3, 0.4) is 0 Å². The van der Waals surface area contributed by atoms with E-state index in [1.54, 1.807) is 0 Å². The van der Waals surface area contributed by atoms with Gasteiger partial charge in [0, 0.05) is 22.0 Å². The smallest absolute Gasteiger partial charge is 0.0778 e. The van der Waals surface area contributed by atoms with Gasteiger partial charge in [-0.15, -0.1) is 0 Å². The molecule has 3 aromatic heterocycles. The molecule has 0 fully saturated rings. The van der Waals surface area contributed by atoms with Gasteiger partial charge in [-0.2, -0.15) is 10.2 Å². The molecule has 1 aromatic carbocycles. The Hall–Kier alpha value is -2.69. The molecule has 0 saturated heterocycles. The zero-order valence-electron chi connectivity index (χ0n) is 13.9. The van der Waals surface area contributed by atoms with Crippen LogP contribution in [0.4, 0.5) is 0 Å². The quantitative estimate of drug-likeness (QED) is 0.557. The van der Waals surface area contributed by atoms with Crippen LogP contribution in [0.1, 0.15) is 35.2 Å². The van der Waals surface area contributed by atoms with E-state index in [0.717, 1.165) is 40.8 Å². The first-order chi connectivity index (χ1) is 11.7. The van der Waals surface area contributed by atoms with Gasteiger partial charge >= 0.3 is 0 Å². The third-order valence-corrected chi connectivity index (χ3v) is 5.29. The van der Waals surface area contributed by atoms with Gasteiger partial charge in [0.1, 0.15) is 0 Å². The second-order valence-corrected chi connectivity index (χ2v) is 6.78. The van der Waals surface area contributed by atoms with Crippen LogP contribution >= 0.6 is 0 Å². The van der Waals surface area contributed by atoms with E-state index in [1.807, 2.05) is 12.4 Å². The van der Waals surface area contributed by atoms with Crippen molar-refractivity contribution in [3.63, 3.8) is 0 Å². The lowest BCUT2D eigenvalue weighted by Gasteiger charge is -2.21. The fraction of sp³-hybridized carbons (Fsp3) is 0.316. The van der Waals surface area contributed by atoms with Gasteiger partial charge in [-0.1, -0.05) is 0 Å². The number of fused-ring (bicyclic) bond motifs is 5. The highest BCUT2D eigenvalue weighted by Crippen LogP contribution is 2.38. The molecule has 0 atom stereocenters. The van der Waals surface area contributed by atoms with Crippen molar-refractivity contribution in [1.82, 2.24) is 25.4 Å². The van der Waals surface area contributed by atoms with E-state index in [4.69, 9.17) is 4.98 Å². The molecule has 0 amide bonds. The molecule has 1 aliphatic carbocycles. The summed E-state index contributed by atoms with van der Waals surface area (Å²) in [5.41, 5.74) is 9.54. The number of nitrogens with zero attached hydrogens (tertiary/aromatic N) is 3. The van der Waals surface area contributed by atoms with Gasteiger partial charge in [-0.05, 0) is 62.3 Å². The summed E-state index contributed by atoms with van der Waals surface area (Å²) in [5, 5.41) is 17.2. The number of benzene rings is 1. The molecular weight excluding hydrogens is 298 g/mol. The van der Waals surface area contributed by atoms with Crippen LogP contribution in [-0.2, 0) is 12.8 Å². The predicted molar refractivity (Wildman–Crippen MR) is 95.1 cm³/mol. The average molecular weight is 317 g/mol. The molecule has 0 spiro atoms. The first-order valence-electron chi connectivity index (χ1n) is 8.52. The van der Waals surface area contributed by atoms with E-state index < -0.39 is 0 Å². The Morgan fingerprint density at radius 2 is 1.75 bits per heavy atom. The third kappa shape index (κ3) is 1.78. The van der Waals surface area contributed by atoms with Crippen LogP contribution in [-0.4, -0.2) is 25.4 Å². The summed E-state index contributed by atoms with van der Waals surface area (Å²) in [6, 6.07) is 2.18. The average Bonchev–Trinajstić information content (AvgIpc) is 3.23. The molecule has 0 bridgehead atoms. The van der Waals surface area contributed by atoms with E-state index >= 15 is 0 Å². The molecule has 5 nitrogen and oxygen atoms in total. The highest BCUT2D eigenvalue weighted by Gasteiger charge is 2.22. The maximum atomic E-state index is 5.08. The summed E-state index contributed by atoms with van der Waals surface area (Å²) in [7, 11) is 0. The zero-order valence-corrected chi connectivity index (χ0v) is 13.9. The number of aryl methyl sites for hydroxylation is 3. The van der Waals surface area contributed by atoms with Crippen LogP contribution in [0.15, 0.2) is 18.5 Å². The standard InChI is InChI=1S/C19H19N5/c1-10-7-16-17(15-9-21-24-18(10)15)12-5-3-4-6-13(12)19(22-16)14-8-20-23-11(14)2/h7-9H,3-6H2,1-2H3,(H,20,23)(H,21,24). The summed E-state index contributed by atoms with van der Waals surface area (Å²) in [5.74, 6) is 0. The number of hydrogen-bond donors (Lipinski definition) is 2. The van der Waals surface area contributed by atoms with Gasteiger partial charge in [-0.3, -0.25) is 10.2 Å². The molecule has 4 aromatic rings. The molecule has 120 valence electrons. The fourth-order valence-electron chi connectivity index (χ4n) is 4.11. The molecular formula is C19H19N5. The minimum absolute atomic E-state index is 1.07. The normalized spacial score (nSPS) is 14.4. The van der Waals surface area contributed by atoms with Gasteiger partial charge in [0.2, 0.25) is 0 Å². The van der Waals surface area contributed by atoms with Crippen LogP contribution in [0.2, 0.25) is 0 Å². The van der Waals surface area contributed by atoms with Gasteiger partial charge in [-0.25, -0.2) is 4.98 Å². The topological polar surface area (TPSA) is 70.2 Å². The van der Waals surface area contributed by atoms with Crippen molar-refractivity contribution >= 4 is 21.8 Å². The molecule has 0 unspecified atom stereocenters. The van der Waals surface area contributed by atoms with Gasteiger partial charge in [0.15, 0.2) is 0 Å². The lowest BCUT2D eigenvalue weighted by atomic mass is 9.85. The minimum atomic E-state index is 1.07. The first-order valence-corrected chi connectivity index (χ1v) is 8.52. The Bertz CT molecular complexity index is 1090. The minimum Gasteiger partial charge on any atom is -0.282 e. The number of aromatic amines is 2.